The van der Waals surface area contributed by atoms with Gasteiger partial charge in [-0.15, -0.1) is 0 Å². The second-order valence-electron chi connectivity index (χ2n) is 5.48. The van der Waals surface area contributed by atoms with E-state index >= 15 is 0 Å². The third kappa shape index (κ3) is 3.45. The molecule has 1 aromatic rings. The second-order valence-corrected chi connectivity index (χ2v) is 5.92. The lowest BCUT2D eigenvalue weighted by Crippen LogP contribution is -2.36. The number of hydrogen-bond donors (Lipinski definition) is 1. The second kappa shape index (κ2) is 6.19. The Balaban J connectivity index is 3.30. The van der Waals surface area contributed by atoms with Crippen LogP contribution in [0.1, 0.15) is 38.8 Å². The van der Waals surface area contributed by atoms with Crippen molar-refractivity contribution in [3.8, 4) is 0 Å². The van der Waals surface area contributed by atoms with Gasteiger partial charge in [-0.1, -0.05) is 38.2 Å². The Morgan fingerprint density at radius 3 is 2.33 bits per heavy atom. The molecule has 0 saturated heterocycles. The lowest BCUT2D eigenvalue weighted by atomic mass is 10.0. The van der Waals surface area contributed by atoms with Crippen LogP contribution in [-0.2, 0) is 0 Å². The summed E-state index contributed by atoms with van der Waals surface area (Å²) in [6.07, 6.45) is 0. The van der Waals surface area contributed by atoms with Gasteiger partial charge in [0.1, 0.15) is 4.99 Å². The minimum absolute atomic E-state index is 0.432. The molecule has 2 nitrogen and oxygen atoms in total. The maximum atomic E-state index is 5.86. The van der Waals surface area contributed by atoms with E-state index in [1.165, 1.54) is 11.3 Å². The van der Waals surface area contributed by atoms with Crippen LogP contribution in [-0.4, -0.2) is 17.6 Å². The van der Waals surface area contributed by atoms with Crippen molar-refractivity contribution in [1.29, 1.82) is 0 Å². The molecule has 1 rings (SSSR count). The first-order chi connectivity index (χ1) is 8.34. The summed E-state index contributed by atoms with van der Waals surface area (Å²) in [5.74, 6) is 0.603. The molecular weight excluding hydrogens is 240 g/mol. The third-order valence-electron chi connectivity index (χ3n) is 2.98. The summed E-state index contributed by atoms with van der Waals surface area (Å²) in [6, 6.07) is 6.58. The molecule has 0 aromatic heterocycles. The summed E-state index contributed by atoms with van der Waals surface area (Å²) in [5.41, 5.74) is 9.26. The summed E-state index contributed by atoms with van der Waals surface area (Å²) in [6.45, 7) is 12.0. The first kappa shape index (κ1) is 15.0. The van der Waals surface area contributed by atoms with Gasteiger partial charge in [-0.3, -0.25) is 0 Å². The van der Waals surface area contributed by atoms with Gasteiger partial charge in [-0.25, -0.2) is 0 Å². The average molecular weight is 264 g/mol. The number of nitrogens with zero attached hydrogens (tertiary/aromatic N) is 1. The molecule has 0 spiro atoms. The molecule has 0 saturated carbocycles. The summed E-state index contributed by atoms with van der Waals surface area (Å²) in [4.78, 5) is 2.87. The van der Waals surface area contributed by atoms with Crippen molar-refractivity contribution in [2.45, 2.75) is 40.7 Å². The molecule has 18 heavy (non-hydrogen) atoms. The van der Waals surface area contributed by atoms with Crippen LogP contribution in [0.2, 0.25) is 0 Å². The van der Waals surface area contributed by atoms with Crippen LogP contribution in [0.5, 0.6) is 0 Å². The van der Waals surface area contributed by atoms with E-state index in [9.17, 15) is 0 Å². The van der Waals surface area contributed by atoms with Crippen LogP contribution in [0.25, 0.3) is 0 Å². The highest BCUT2D eigenvalue weighted by molar-refractivity contribution is 7.80. The van der Waals surface area contributed by atoms with Gasteiger partial charge in [0, 0.05) is 18.2 Å². The first-order valence-corrected chi connectivity index (χ1v) is 6.91. The minimum atomic E-state index is 0.432. The van der Waals surface area contributed by atoms with Crippen LogP contribution >= 0.6 is 12.2 Å². The fourth-order valence-corrected chi connectivity index (χ4v) is 2.36. The number of rotatable bonds is 5. The van der Waals surface area contributed by atoms with Crippen LogP contribution < -0.4 is 10.6 Å². The molecule has 0 radical (unpaired) electrons. The molecule has 100 valence electrons. The summed E-state index contributed by atoms with van der Waals surface area (Å²) in [5, 5.41) is 0. The predicted octanol–water partition coefficient (Wildman–Crippen LogP) is 3.50. The van der Waals surface area contributed by atoms with Crippen LogP contribution in [0, 0.1) is 12.8 Å². The number of anilines is 1. The molecule has 0 bridgehead atoms. The van der Waals surface area contributed by atoms with E-state index in [1.54, 1.807) is 0 Å². The van der Waals surface area contributed by atoms with Crippen molar-refractivity contribution >= 4 is 22.9 Å². The first-order valence-electron chi connectivity index (χ1n) is 6.50. The summed E-state index contributed by atoms with van der Waals surface area (Å²) < 4.78 is 0. The van der Waals surface area contributed by atoms with E-state index in [0.717, 1.165) is 12.1 Å². The molecule has 0 fully saturated rings. The highest BCUT2D eigenvalue weighted by Gasteiger charge is 2.18. The fraction of sp³-hybridized carbons (Fsp3) is 0.533. The predicted molar refractivity (Wildman–Crippen MR) is 84.4 cm³/mol. The number of aryl methyl sites for hydroxylation is 1. The SMILES string of the molecule is Cc1cccc(C(N)=S)c1N(CC(C)C)C(C)C. The Bertz CT molecular complexity index is 425. The monoisotopic (exact) mass is 264 g/mol. The van der Waals surface area contributed by atoms with Crippen molar-refractivity contribution in [1.82, 2.24) is 0 Å². The number of para-hydroxylation sites is 1. The molecule has 1 aromatic carbocycles. The van der Waals surface area contributed by atoms with E-state index in [2.05, 4.69) is 45.6 Å². The zero-order valence-corrected chi connectivity index (χ0v) is 12.8. The van der Waals surface area contributed by atoms with Crippen molar-refractivity contribution in [2.75, 3.05) is 11.4 Å². The quantitative estimate of drug-likeness (QED) is 0.825. The van der Waals surface area contributed by atoms with Gasteiger partial charge in [-0.05, 0) is 38.3 Å². The molecule has 0 aliphatic carbocycles. The van der Waals surface area contributed by atoms with Crippen molar-refractivity contribution in [2.24, 2.45) is 11.7 Å². The van der Waals surface area contributed by atoms with Crippen LogP contribution in [0.4, 0.5) is 5.69 Å². The van der Waals surface area contributed by atoms with Crippen LogP contribution in [0.3, 0.4) is 0 Å². The fourth-order valence-electron chi connectivity index (χ4n) is 2.19. The number of benzene rings is 1. The van der Waals surface area contributed by atoms with E-state index in [4.69, 9.17) is 18.0 Å². The van der Waals surface area contributed by atoms with E-state index in [0.29, 0.717) is 16.9 Å². The smallest absolute Gasteiger partial charge is 0.106 e. The lowest BCUT2D eigenvalue weighted by molar-refractivity contribution is 0.570. The van der Waals surface area contributed by atoms with Gasteiger partial charge in [0.2, 0.25) is 0 Å². The van der Waals surface area contributed by atoms with Gasteiger partial charge in [0.25, 0.3) is 0 Å². The molecule has 0 aliphatic rings. The van der Waals surface area contributed by atoms with E-state index < -0.39 is 0 Å². The van der Waals surface area contributed by atoms with E-state index in [-0.39, 0.29) is 0 Å². The molecule has 0 atom stereocenters. The van der Waals surface area contributed by atoms with Crippen molar-refractivity contribution in [3.63, 3.8) is 0 Å². The molecule has 0 unspecified atom stereocenters. The number of thiocarbonyl (C=S) groups is 1. The van der Waals surface area contributed by atoms with E-state index in [1.807, 2.05) is 12.1 Å². The van der Waals surface area contributed by atoms with Gasteiger partial charge >= 0.3 is 0 Å². The van der Waals surface area contributed by atoms with Gasteiger partial charge in [0.05, 0.1) is 5.69 Å². The third-order valence-corrected chi connectivity index (χ3v) is 3.20. The van der Waals surface area contributed by atoms with Crippen molar-refractivity contribution in [3.05, 3.63) is 29.3 Å². The summed E-state index contributed by atoms with van der Waals surface area (Å²) in [7, 11) is 0. The Morgan fingerprint density at radius 1 is 1.28 bits per heavy atom. The Hall–Kier alpha value is -1.09. The molecule has 0 heterocycles. The molecule has 3 heteroatoms. The highest BCUT2D eigenvalue weighted by Crippen LogP contribution is 2.27. The largest absolute Gasteiger partial charge is 0.389 e. The zero-order valence-electron chi connectivity index (χ0n) is 12.0. The average Bonchev–Trinajstić information content (AvgIpc) is 2.25. The van der Waals surface area contributed by atoms with Crippen LogP contribution in [0.15, 0.2) is 18.2 Å². The maximum Gasteiger partial charge on any atom is 0.106 e. The van der Waals surface area contributed by atoms with Crippen molar-refractivity contribution < 1.29 is 0 Å². The normalized spacial score (nSPS) is 11.1. The number of hydrogen-bond acceptors (Lipinski definition) is 2. The molecule has 2 N–H and O–H groups in total. The summed E-state index contributed by atoms with van der Waals surface area (Å²) >= 11 is 5.18. The molecular formula is C15H24N2S. The minimum Gasteiger partial charge on any atom is -0.389 e. The Morgan fingerprint density at radius 2 is 1.89 bits per heavy atom. The Labute approximate surface area is 116 Å². The van der Waals surface area contributed by atoms with Gasteiger partial charge in [0.15, 0.2) is 0 Å². The maximum absolute atomic E-state index is 5.86. The highest BCUT2D eigenvalue weighted by atomic mass is 32.1. The van der Waals surface area contributed by atoms with Gasteiger partial charge in [-0.2, -0.15) is 0 Å². The standard InChI is InChI=1S/C15H24N2S/c1-10(2)9-17(11(3)4)14-12(5)7-6-8-13(14)15(16)18/h6-8,10-11H,9H2,1-5H3,(H2,16,18). The lowest BCUT2D eigenvalue weighted by Gasteiger charge is -2.33. The molecule has 0 amide bonds. The van der Waals surface area contributed by atoms with Gasteiger partial charge < -0.3 is 10.6 Å². The molecule has 0 aliphatic heterocycles. The topological polar surface area (TPSA) is 29.3 Å². The Kier molecular flexibility index (Phi) is 5.15. The number of nitrogens with two attached hydrogens (primary N) is 1. The zero-order chi connectivity index (χ0) is 13.9.